The van der Waals surface area contributed by atoms with Gasteiger partial charge in [-0.2, -0.15) is 13.2 Å². The largest absolute Gasteiger partial charge is 0.459 e. The Morgan fingerprint density at radius 3 is 2.30 bits per heavy atom. The minimum absolute atomic E-state index is 0.0590. The normalized spacial score (nSPS) is 23.1. The van der Waals surface area contributed by atoms with E-state index in [4.69, 9.17) is 0 Å². The van der Waals surface area contributed by atoms with Crippen molar-refractivity contribution in [3.63, 3.8) is 0 Å². The van der Waals surface area contributed by atoms with Gasteiger partial charge in [-0.3, -0.25) is 0 Å². The number of hydrogen-bond donors (Lipinski definition) is 0. The zero-order chi connectivity index (χ0) is 7.61. The number of alkyl halides is 3. The Hall–Kier alpha value is -0.250. The highest BCUT2D eigenvalue weighted by Gasteiger charge is 2.37. The van der Waals surface area contributed by atoms with Crippen molar-refractivity contribution in [3.05, 3.63) is 6.42 Å². The van der Waals surface area contributed by atoms with Gasteiger partial charge in [0.1, 0.15) is 0 Å². The van der Waals surface area contributed by atoms with Crippen LogP contribution in [-0.4, -0.2) is 24.3 Å². The standard InChI is InChI=1S/C6H9F3N/c7-6(8,9)10-4-2-1-3-5-10/h2H,1,3-5H2. The van der Waals surface area contributed by atoms with Crippen LogP contribution in [-0.2, 0) is 0 Å². The van der Waals surface area contributed by atoms with E-state index in [1.165, 1.54) is 0 Å². The third-order valence-corrected chi connectivity index (χ3v) is 1.54. The topological polar surface area (TPSA) is 3.24 Å². The molecule has 0 bridgehead atoms. The maximum absolute atomic E-state index is 11.8. The fraction of sp³-hybridized carbons (Fsp3) is 0.833. The highest BCUT2D eigenvalue weighted by molar-refractivity contribution is 4.78. The lowest BCUT2D eigenvalue weighted by molar-refractivity contribution is -0.245. The molecule has 0 aromatic carbocycles. The Labute approximate surface area is 57.8 Å². The van der Waals surface area contributed by atoms with Gasteiger partial charge in [0.2, 0.25) is 0 Å². The summed E-state index contributed by atoms with van der Waals surface area (Å²) in [5.41, 5.74) is 0. The van der Waals surface area contributed by atoms with E-state index < -0.39 is 6.30 Å². The number of likely N-dealkylation sites (tertiary alicyclic amines) is 1. The van der Waals surface area contributed by atoms with Crippen LogP contribution in [0, 0.1) is 6.42 Å². The zero-order valence-electron chi connectivity index (χ0n) is 5.49. The molecule has 1 fully saturated rings. The fourth-order valence-corrected chi connectivity index (χ4v) is 0.995. The minimum atomic E-state index is -4.13. The molecule has 4 heteroatoms. The Morgan fingerprint density at radius 1 is 1.30 bits per heavy atom. The molecule has 59 valence electrons. The molecule has 0 spiro atoms. The molecule has 0 saturated carbocycles. The number of piperidine rings is 1. The van der Waals surface area contributed by atoms with Crippen molar-refractivity contribution in [1.82, 2.24) is 4.90 Å². The lowest BCUT2D eigenvalue weighted by Gasteiger charge is -2.27. The number of hydrogen-bond acceptors (Lipinski definition) is 1. The van der Waals surface area contributed by atoms with E-state index in [0.29, 0.717) is 11.3 Å². The van der Waals surface area contributed by atoms with Crippen LogP contribution in [0.4, 0.5) is 13.2 Å². The number of halogens is 3. The maximum Gasteiger partial charge on any atom is 0.459 e. The smallest absolute Gasteiger partial charge is 0.214 e. The van der Waals surface area contributed by atoms with Gasteiger partial charge in [-0.25, -0.2) is 4.90 Å². The summed E-state index contributed by atoms with van der Waals surface area (Å²) in [4.78, 5) is 0.524. The summed E-state index contributed by atoms with van der Waals surface area (Å²) < 4.78 is 35.5. The Kier molecular flexibility index (Phi) is 2.18. The Bertz CT molecular complexity index is 104. The number of nitrogens with zero attached hydrogens (tertiary/aromatic N) is 1. The van der Waals surface area contributed by atoms with Gasteiger partial charge in [0, 0.05) is 13.1 Å². The van der Waals surface area contributed by atoms with Crippen LogP contribution in [0.25, 0.3) is 0 Å². The first kappa shape index (κ1) is 7.85. The van der Waals surface area contributed by atoms with Crippen molar-refractivity contribution >= 4 is 0 Å². The summed E-state index contributed by atoms with van der Waals surface area (Å²) in [5, 5.41) is 0. The van der Waals surface area contributed by atoms with E-state index in [9.17, 15) is 13.2 Å². The van der Waals surface area contributed by atoms with Gasteiger partial charge in [-0.05, 0) is 19.3 Å². The Morgan fingerprint density at radius 2 is 2.00 bits per heavy atom. The van der Waals surface area contributed by atoms with Crippen molar-refractivity contribution in [2.45, 2.75) is 19.1 Å². The SMILES string of the molecule is FC(F)(F)N1C[CH]CCC1. The molecule has 1 heterocycles. The molecule has 0 aliphatic carbocycles. The molecule has 0 aromatic heterocycles. The highest BCUT2D eigenvalue weighted by Crippen LogP contribution is 2.24. The molecule has 1 rings (SSSR count). The maximum atomic E-state index is 11.8. The average Bonchev–Trinajstić information content (AvgIpc) is 1.88. The first-order chi connectivity index (χ1) is 4.61. The van der Waals surface area contributed by atoms with Crippen LogP contribution in [0.1, 0.15) is 12.8 Å². The van der Waals surface area contributed by atoms with Crippen LogP contribution in [0.3, 0.4) is 0 Å². The summed E-state index contributed by atoms with van der Waals surface area (Å²) in [7, 11) is 0. The van der Waals surface area contributed by atoms with Crippen molar-refractivity contribution in [3.8, 4) is 0 Å². The molecule has 1 radical (unpaired) electrons. The van der Waals surface area contributed by atoms with Gasteiger partial charge < -0.3 is 0 Å². The summed E-state index contributed by atoms with van der Waals surface area (Å²) in [6.07, 6.45) is -1.03. The summed E-state index contributed by atoms with van der Waals surface area (Å²) >= 11 is 0. The van der Waals surface area contributed by atoms with E-state index in [2.05, 4.69) is 0 Å². The molecule has 0 atom stereocenters. The molecule has 1 saturated heterocycles. The van der Waals surface area contributed by atoms with Gasteiger partial charge in [-0.1, -0.05) is 0 Å². The van der Waals surface area contributed by atoms with Gasteiger partial charge in [0.05, 0.1) is 0 Å². The fourth-order valence-electron chi connectivity index (χ4n) is 0.995. The van der Waals surface area contributed by atoms with Crippen LogP contribution >= 0.6 is 0 Å². The lowest BCUT2D eigenvalue weighted by Crippen LogP contribution is -2.41. The van der Waals surface area contributed by atoms with E-state index >= 15 is 0 Å². The zero-order valence-corrected chi connectivity index (χ0v) is 5.49. The van der Waals surface area contributed by atoms with E-state index in [1.54, 1.807) is 6.42 Å². The molecular weight excluding hydrogens is 143 g/mol. The van der Waals surface area contributed by atoms with Crippen LogP contribution < -0.4 is 0 Å². The molecule has 0 aromatic rings. The Balaban J connectivity index is 2.39. The highest BCUT2D eigenvalue weighted by atomic mass is 19.4. The second-order valence-corrected chi connectivity index (χ2v) is 2.34. The van der Waals surface area contributed by atoms with Crippen LogP contribution in [0.5, 0.6) is 0 Å². The van der Waals surface area contributed by atoms with Gasteiger partial charge in [-0.15, -0.1) is 0 Å². The van der Waals surface area contributed by atoms with E-state index in [-0.39, 0.29) is 13.1 Å². The first-order valence-electron chi connectivity index (χ1n) is 3.24. The van der Waals surface area contributed by atoms with Crippen molar-refractivity contribution in [2.24, 2.45) is 0 Å². The third-order valence-electron chi connectivity index (χ3n) is 1.54. The van der Waals surface area contributed by atoms with Crippen LogP contribution in [0.15, 0.2) is 0 Å². The van der Waals surface area contributed by atoms with Crippen LogP contribution in [0.2, 0.25) is 0 Å². The van der Waals surface area contributed by atoms with Crippen molar-refractivity contribution in [1.29, 1.82) is 0 Å². The monoisotopic (exact) mass is 152 g/mol. The lowest BCUT2D eigenvalue weighted by atomic mass is 10.1. The summed E-state index contributed by atoms with van der Waals surface area (Å²) in [5.74, 6) is 0. The molecule has 10 heavy (non-hydrogen) atoms. The molecule has 1 aliphatic heterocycles. The number of rotatable bonds is 0. The van der Waals surface area contributed by atoms with E-state index in [0.717, 1.165) is 6.42 Å². The summed E-state index contributed by atoms with van der Waals surface area (Å²) in [6, 6.07) is 0. The third kappa shape index (κ3) is 1.87. The molecule has 0 amide bonds. The molecular formula is C6H9F3N. The van der Waals surface area contributed by atoms with E-state index in [1.807, 2.05) is 0 Å². The second kappa shape index (κ2) is 2.78. The first-order valence-corrected chi connectivity index (χ1v) is 3.24. The predicted octanol–water partition coefficient (Wildman–Crippen LogP) is 1.81. The molecule has 0 unspecified atom stereocenters. The quantitative estimate of drug-likeness (QED) is 0.478. The van der Waals surface area contributed by atoms with Crippen molar-refractivity contribution in [2.75, 3.05) is 13.1 Å². The second-order valence-electron chi connectivity index (χ2n) is 2.34. The van der Waals surface area contributed by atoms with Gasteiger partial charge >= 0.3 is 6.30 Å². The predicted molar refractivity (Wildman–Crippen MR) is 31.2 cm³/mol. The molecule has 0 N–H and O–H groups in total. The van der Waals surface area contributed by atoms with Crippen molar-refractivity contribution < 1.29 is 13.2 Å². The van der Waals surface area contributed by atoms with Gasteiger partial charge in [0.25, 0.3) is 0 Å². The molecule has 1 nitrogen and oxygen atoms in total. The average molecular weight is 152 g/mol. The van der Waals surface area contributed by atoms with Gasteiger partial charge in [0.15, 0.2) is 0 Å². The summed E-state index contributed by atoms with van der Waals surface area (Å²) in [6.45, 7) is 0.212. The molecule has 1 aliphatic rings. The minimum Gasteiger partial charge on any atom is -0.214 e.